The van der Waals surface area contributed by atoms with Crippen LogP contribution in [0.2, 0.25) is 5.02 Å². The minimum absolute atomic E-state index is 0.0234. The predicted octanol–water partition coefficient (Wildman–Crippen LogP) is 3.49. The normalized spacial score (nSPS) is 14.5. The van der Waals surface area contributed by atoms with Crippen LogP contribution in [-0.2, 0) is 0 Å². The lowest BCUT2D eigenvalue weighted by Crippen LogP contribution is -2.49. The van der Waals surface area contributed by atoms with E-state index in [0.717, 1.165) is 24.6 Å². The predicted molar refractivity (Wildman–Crippen MR) is 103 cm³/mol. The van der Waals surface area contributed by atoms with Gasteiger partial charge >= 0.3 is 0 Å². The van der Waals surface area contributed by atoms with E-state index in [4.69, 9.17) is 11.6 Å². The maximum atomic E-state index is 13.0. The van der Waals surface area contributed by atoms with Gasteiger partial charge in [0.05, 0.1) is 10.6 Å². The minimum atomic E-state index is -0.0234. The lowest BCUT2D eigenvalue weighted by molar-refractivity contribution is 0.0746. The highest BCUT2D eigenvalue weighted by Gasteiger charge is 2.24. The van der Waals surface area contributed by atoms with E-state index in [-0.39, 0.29) is 5.91 Å². The fourth-order valence-electron chi connectivity index (χ4n) is 3.19. The molecule has 1 amide bonds. The molecule has 6 heteroatoms. The van der Waals surface area contributed by atoms with E-state index < -0.39 is 0 Å². The highest BCUT2D eigenvalue weighted by molar-refractivity contribution is 6.33. The fourth-order valence-corrected chi connectivity index (χ4v) is 3.39. The van der Waals surface area contributed by atoms with Gasteiger partial charge in [0.1, 0.15) is 5.82 Å². The molecule has 1 aromatic carbocycles. The summed E-state index contributed by atoms with van der Waals surface area (Å²) in [5, 5.41) is 0.484. The van der Waals surface area contributed by atoms with Gasteiger partial charge in [-0.05, 0) is 42.5 Å². The van der Waals surface area contributed by atoms with Gasteiger partial charge in [0.15, 0.2) is 0 Å². The number of carbonyl (C=O) groups is 1. The summed E-state index contributed by atoms with van der Waals surface area (Å²) in [4.78, 5) is 21.4. The monoisotopic (exact) mass is 366 g/mol. The van der Waals surface area contributed by atoms with Gasteiger partial charge in [-0.25, -0.2) is 4.98 Å². The Labute approximate surface area is 157 Å². The summed E-state index contributed by atoms with van der Waals surface area (Å²) in [6.07, 6.45) is 5.69. The summed E-state index contributed by atoms with van der Waals surface area (Å²) in [6.45, 7) is 2.83. The van der Waals surface area contributed by atoms with Gasteiger partial charge in [-0.3, -0.25) is 4.79 Å². The lowest BCUT2D eigenvalue weighted by atomic mass is 10.1. The van der Waals surface area contributed by atoms with Crippen molar-refractivity contribution in [2.45, 2.75) is 0 Å². The number of halogens is 1. The van der Waals surface area contributed by atoms with Gasteiger partial charge in [-0.2, -0.15) is 0 Å². The summed E-state index contributed by atoms with van der Waals surface area (Å²) >= 11 is 6.32. The molecule has 1 aliphatic rings. The van der Waals surface area contributed by atoms with Crippen molar-refractivity contribution in [1.82, 2.24) is 14.5 Å². The SMILES string of the molecule is O=C(c1cc(-n2cccc2)ccc1Cl)N1CCN(c2ccccn2)CC1. The molecule has 1 saturated heterocycles. The molecule has 0 bridgehead atoms. The number of piperazine rings is 1. The number of carbonyl (C=O) groups excluding carboxylic acids is 1. The number of hydrogen-bond acceptors (Lipinski definition) is 3. The van der Waals surface area contributed by atoms with E-state index in [1.807, 2.05) is 64.3 Å². The molecular formula is C20H19ClN4O. The van der Waals surface area contributed by atoms with E-state index in [1.54, 1.807) is 12.3 Å². The summed E-state index contributed by atoms with van der Waals surface area (Å²) in [6, 6.07) is 15.3. The first kappa shape index (κ1) is 16.7. The van der Waals surface area contributed by atoms with Gasteiger partial charge in [0.2, 0.25) is 0 Å². The van der Waals surface area contributed by atoms with Crippen molar-refractivity contribution in [3.05, 3.63) is 77.7 Å². The largest absolute Gasteiger partial charge is 0.353 e. The van der Waals surface area contributed by atoms with Crippen molar-refractivity contribution in [1.29, 1.82) is 0 Å². The zero-order valence-electron chi connectivity index (χ0n) is 14.3. The van der Waals surface area contributed by atoms with Gasteiger partial charge < -0.3 is 14.4 Å². The van der Waals surface area contributed by atoms with E-state index in [1.165, 1.54) is 0 Å². The van der Waals surface area contributed by atoms with Gasteiger partial charge in [-0.1, -0.05) is 17.7 Å². The number of rotatable bonds is 3. The average Bonchev–Trinajstić information content (AvgIpc) is 3.23. The average molecular weight is 367 g/mol. The van der Waals surface area contributed by atoms with Crippen molar-refractivity contribution < 1.29 is 4.79 Å². The van der Waals surface area contributed by atoms with Crippen molar-refractivity contribution in [3.8, 4) is 5.69 Å². The summed E-state index contributed by atoms with van der Waals surface area (Å²) in [5.74, 6) is 0.928. The topological polar surface area (TPSA) is 41.4 Å². The van der Waals surface area contributed by atoms with Crippen LogP contribution in [0.3, 0.4) is 0 Å². The summed E-state index contributed by atoms with van der Waals surface area (Å²) in [7, 11) is 0. The summed E-state index contributed by atoms with van der Waals surface area (Å²) in [5.41, 5.74) is 1.47. The van der Waals surface area contributed by atoms with Crippen LogP contribution in [0.25, 0.3) is 5.69 Å². The number of nitrogens with zero attached hydrogens (tertiary/aromatic N) is 4. The molecule has 4 rings (SSSR count). The Morgan fingerprint density at radius 2 is 1.73 bits per heavy atom. The van der Waals surface area contributed by atoms with E-state index in [9.17, 15) is 4.79 Å². The van der Waals surface area contributed by atoms with Crippen LogP contribution in [0.4, 0.5) is 5.82 Å². The first-order chi connectivity index (χ1) is 12.7. The molecule has 0 aliphatic carbocycles. The molecule has 132 valence electrons. The first-order valence-corrected chi connectivity index (χ1v) is 8.98. The number of benzene rings is 1. The lowest BCUT2D eigenvalue weighted by Gasteiger charge is -2.35. The number of pyridine rings is 1. The van der Waals surface area contributed by atoms with Crippen molar-refractivity contribution in [2.24, 2.45) is 0 Å². The molecule has 0 unspecified atom stereocenters. The zero-order chi connectivity index (χ0) is 17.9. The third-order valence-electron chi connectivity index (χ3n) is 4.62. The third-order valence-corrected chi connectivity index (χ3v) is 4.95. The van der Waals surface area contributed by atoms with Crippen LogP contribution in [-0.4, -0.2) is 46.5 Å². The Bertz CT molecular complexity index is 887. The van der Waals surface area contributed by atoms with Crippen LogP contribution in [0, 0.1) is 0 Å². The molecule has 0 N–H and O–H groups in total. The first-order valence-electron chi connectivity index (χ1n) is 8.60. The van der Waals surface area contributed by atoms with Crippen LogP contribution in [0.5, 0.6) is 0 Å². The number of aromatic nitrogens is 2. The number of amides is 1. The van der Waals surface area contributed by atoms with Crippen molar-refractivity contribution >= 4 is 23.3 Å². The standard InChI is InChI=1S/C20H19ClN4O/c21-18-7-6-16(23-9-3-4-10-23)15-17(18)20(26)25-13-11-24(12-14-25)19-5-1-2-8-22-19/h1-10,15H,11-14H2. The van der Waals surface area contributed by atoms with Crippen molar-refractivity contribution in [2.75, 3.05) is 31.1 Å². The molecule has 2 aromatic heterocycles. The number of hydrogen-bond donors (Lipinski definition) is 0. The quantitative estimate of drug-likeness (QED) is 0.712. The molecule has 0 saturated carbocycles. The second-order valence-corrected chi connectivity index (χ2v) is 6.63. The minimum Gasteiger partial charge on any atom is -0.353 e. The van der Waals surface area contributed by atoms with Crippen LogP contribution >= 0.6 is 11.6 Å². The fraction of sp³-hybridized carbons (Fsp3) is 0.200. The molecule has 0 radical (unpaired) electrons. The van der Waals surface area contributed by atoms with E-state index in [2.05, 4.69) is 9.88 Å². The van der Waals surface area contributed by atoms with Crippen LogP contribution < -0.4 is 4.90 Å². The maximum Gasteiger partial charge on any atom is 0.255 e. The van der Waals surface area contributed by atoms with Crippen molar-refractivity contribution in [3.63, 3.8) is 0 Å². The Hall–Kier alpha value is -2.79. The Balaban J connectivity index is 1.49. The molecule has 3 heterocycles. The number of anilines is 1. The Morgan fingerprint density at radius 1 is 0.962 bits per heavy atom. The summed E-state index contributed by atoms with van der Waals surface area (Å²) < 4.78 is 1.96. The highest BCUT2D eigenvalue weighted by Crippen LogP contribution is 2.23. The zero-order valence-corrected chi connectivity index (χ0v) is 15.0. The Morgan fingerprint density at radius 3 is 2.42 bits per heavy atom. The molecule has 26 heavy (non-hydrogen) atoms. The van der Waals surface area contributed by atoms with Gasteiger partial charge in [0, 0.05) is 50.5 Å². The van der Waals surface area contributed by atoms with Gasteiger partial charge in [-0.15, -0.1) is 0 Å². The molecule has 3 aromatic rings. The second-order valence-electron chi connectivity index (χ2n) is 6.22. The van der Waals surface area contributed by atoms with E-state index >= 15 is 0 Å². The molecule has 0 spiro atoms. The Kier molecular flexibility index (Phi) is 4.63. The van der Waals surface area contributed by atoms with Crippen LogP contribution in [0.1, 0.15) is 10.4 Å². The third kappa shape index (κ3) is 3.30. The molecule has 5 nitrogen and oxygen atoms in total. The smallest absolute Gasteiger partial charge is 0.255 e. The van der Waals surface area contributed by atoms with Gasteiger partial charge in [0.25, 0.3) is 5.91 Å². The molecule has 0 atom stereocenters. The molecule has 1 aliphatic heterocycles. The highest BCUT2D eigenvalue weighted by atomic mass is 35.5. The second kappa shape index (κ2) is 7.22. The molecular weight excluding hydrogens is 348 g/mol. The van der Waals surface area contributed by atoms with Crippen LogP contribution in [0.15, 0.2) is 67.1 Å². The van der Waals surface area contributed by atoms with E-state index in [0.29, 0.717) is 23.7 Å². The maximum absolute atomic E-state index is 13.0. The molecule has 1 fully saturated rings.